The van der Waals surface area contributed by atoms with Crippen LogP contribution in [0.5, 0.6) is 5.75 Å². The van der Waals surface area contributed by atoms with Gasteiger partial charge in [0, 0.05) is 12.1 Å². The number of amidine groups is 1. The van der Waals surface area contributed by atoms with Crippen LogP contribution in [0.25, 0.3) is 0 Å². The SMILES string of the molecule is CCOc1ccc(NC(=O)C2CC(=O)N/C(=N\N=C(/C)c3ccccc3)S2)cc1. The normalized spacial score (nSPS) is 18.3. The lowest BCUT2D eigenvalue weighted by atomic mass is 10.1. The van der Waals surface area contributed by atoms with Crippen molar-refractivity contribution in [2.24, 2.45) is 10.2 Å². The summed E-state index contributed by atoms with van der Waals surface area (Å²) in [6.45, 7) is 4.32. The van der Waals surface area contributed by atoms with E-state index in [1.807, 2.05) is 44.2 Å². The smallest absolute Gasteiger partial charge is 0.238 e. The monoisotopic (exact) mass is 410 g/mol. The van der Waals surface area contributed by atoms with E-state index in [0.29, 0.717) is 23.2 Å². The second kappa shape index (κ2) is 9.88. The molecule has 1 unspecified atom stereocenters. The molecule has 0 saturated carbocycles. The van der Waals surface area contributed by atoms with Gasteiger partial charge in [-0.25, -0.2) is 0 Å². The fraction of sp³-hybridized carbons (Fsp3) is 0.238. The molecule has 1 aliphatic rings. The van der Waals surface area contributed by atoms with E-state index in [1.165, 1.54) is 11.8 Å². The molecule has 1 saturated heterocycles. The first-order chi connectivity index (χ1) is 14.0. The highest BCUT2D eigenvalue weighted by molar-refractivity contribution is 8.15. The fourth-order valence-electron chi connectivity index (χ4n) is 2.62. The Morgan fingerprint density at radius 3 is 2.62 bits per heavy atom. The standard InChI is InChI=1S/C21H22N4O3S/c1-3-28-17-11-9-16(10-12-17)22-20(27)18-13-19(26)23-21(29-18)25-24-14(2)15-7-5-4-6-8-15/h4-12,18H,3,13H2,1-2H3,(H,22,27)(H,23,25,26)/b24-14+. The zero-order chi connectivity index (χ0) is 20.6. The third-order valence-electron chi connectivity index (χ3n) is 4.08. The first-order valence-electron chi connectivity index (χ1n) is 9.23. The highest BCUT2D eigenvalue weighted by atomic mass is 32.2. The topological polar surface area (TPSA) is 92.1 Å². The second-order valence-electron chi connectivity index (χ2n) is 6.26. The molecular formula is C21H22N4O3S. The van der Waals surface area contributed by atoms with Gasteiger partial charge < -0.3 is 15.4 Å². The number of amides is 2. The van der Waals surface area contributed by atoms with E-state index in [2.05, 4.69) is 20.8 Å². The first kappa shape index (κ1) is 20.6. The molecule has 0 bridgehead atoms. The van der Waals surface area contributed by atoms with Gasteiger partial charge in [0.25, 0.3) is 0 Å². The van der Waals surface area contributed by atoms with Crippen molar-refractivity contribution in [3.63, 3.8) is 0 Å². The van der Waals surface area contributed by atoms with Crippen molar-refractivity contribution in [2.75, 3.05) is 11.9 Å². The van der Waals surface area contributed by atoms with E-state index in [9.17, 15) is 9.59 Å². The molecule has 29 heavy (non-hydrogen) atoms. The van der Waals surface area contributed by atoms with Crippen molar-refractivity contribution in [2.45, 2.75) is 25.5 Å². The first-order valence-corrected chi connectivity index (χ1v) is 10.1. The van der Waals surface area contributed by atoms with E-state index >= 15 is 0 Å². The minimum Gasteiger partial charge on any atom is -0.494 e. The zero-order valence-electron chi connectivity index (χ0n) is 16.2. The maximum Gasteiger partial charge on any atom is 0.238 e. The molecule has 2 amide bonds. The predicted octanol–water partition coefficient (Wildman–Crippen LogP) is 3.43. The van der Waals surface area contributed by atoms with Gasteiger partial charge in [-0.1, -0.05) is 42.1 Å². The minimum atomic E-state index is -0.582. The summed E-state index contributed by atoms with van der Waals surface area (Å²) in [5.41, 5.74) is 2.30. The molecule has 2 N–H and O–H groups in total. The Morgan fingerprint density at radius 2 is 1.93 bits per heavy atom. The number of hydrogen-bond acceptors (Lipinski definition) is 6. The Labute approximate surface area is 173 Å². The van der Waals surface area contributed by atoms with Crippen LogP contribution in [0.3, 0.4) is 0 Å². The van der Waals surface area contributed by atoms with Gasteiger partial charge in [0.2, 0.25) is 11.8 Å². The second-order valence-corrected chi connectivity index (χ2v) is 7.45. The molecule has 1 fully saturated rings. The summed E-state index contributed by atoms with van der Waals surface area (Å²) in [6.07, 6.45) is 0.0773. The van der Waals surface area contributed by atoms with Crippen molar-refractivity contribution in [1.82, 2.24) is 5.32 Å². The average molecular weight is 410 g/mol. The predicted molar refractivity (Wildman–Crippen MR) is 116 cm³/mol. The van der Waals surface area contributed by atoms with Crippen LogP contribution in [-0.4, -0.2) is 34.6 Å². The van der Waals surface area contributed by atoms with Gasteiger partial charge in [0.1, 0.15) is 11.0 Å². The fourth-order valence-corrected chi connectivity index (χ4v) is 3.55. The van der Waals surface area contributed by atoms with Crippen molar-refractivity contribution < 1.29 is 14.3 Å². The number of nitrogens with one attached hydrogen (secondary N) is 2. The lowest BCUT2D eigenvalue weighted by Gasteiger charge is -2.21. The maximum atomic E-state index is 12.6. The van der Waals surface area contributed by atoms with Crippen LogP contribution in [-0.2, 0) is 9.59 Å². The van der Waals surface area contributed by atoms with Gasteiger partial charge in [-0.2, -0.15) is 5.10 Å². The zero-order valence-corrected chi connectivity index (χ0v) is 17.0. The van der Waals surface area contributed by atoms with E-state index in [0.717, 1.165) is 11.3 Å². The Hall–Kier alpha value is -3.13. The number of benzene rings is 2. The molecule has 2 aromatic rings. The lowest BCUT2D eigenvalue weighted by molar-refractivity contribution is -0.123. The van der Waals surface area contributed by atoms with E-state index < -0.39 is 5.25 Å². The highest BCUT2D eigenvalue weighted by Crippen LogP contribution is 2.23. The van der Waals surface area contributed by atoms with Gasteiger partial charge in [-0.15, -0.1) is 5.10 Å². The van der Waals surface area contributed by atoms with Crippen molar-refractivity contribution in [3.8, 4) is 5.75 Å². The summed E-state index contributed by atoms with van der Waals surface area (Å²) in [6, 6.07) is 16.7. The summed E-state index contributed by atoms with van der Waals surface area (Å²) in [4.78, 5) is 24.6. The van der Waals surface area contributed by atoms with Gasteiger partial charge in [0.15, 0.2) is 5.17 Å². The van der Waals surface area contributed by atoms with E-state index in [-0.39, 0.29) is 18.2 Å². The third kappa shape index (κ3) is 5.92. The molecule has 3 rings (SSSR count). The quantitative estimate of drug-likeness (QED) is 0.564. The van der Waals surface area contributed by atoms with Crippen molar-refractivity contribution in [1.29, 1.82) is 0 Å². The van der Waals surface area contributed by atoms with Gasteiger partial charge in [-0.05, 0) is 43.7 Å². The summed E-state index contributed by atoms with van der Waals surface area (Å²) < 4.78 is 5.39. The number of ether oxygens (including phenoxy) is 1. The Kier molecular flexibility index (Phi) is 7.02. The van der Waals surface area contributed by atoms with Crippen LogP contribution in [0.4, 0.5) is 5.69 Å². The Morgan fingerprint density at radius 1 is 1.21 bits per heavy atom. The molecule has 0 spiro atoms. The van der Waals surface area contributed by atoms with Gasteiger partial charge in [-0.3, -0.25) is 9.59 Å². The van der Waals surface area contributed by atoms with Crippen LogP contribution >= 0.6 is 11.8 Å². The summed E-state index contributed by atoms with van der Waals surface area (Å²) >= 11 is 1.19. The molecule has 7 nitrogen and oxygen atoms in total. The van der Waals surface area contributed by atoms with Crippen LogP contribution in [0, 0.1) is 0 Å². The van der Waals surface area contributed by atoms with Crippen LogP contribution in [0.15, 0.2) is 64.8 Å². The van der Waals surface area contributed by atoms with E-state index in [4.69, 9.17) is 4.74 Å². The highest BCUT2D eigenvalue weighted by Gasteiger charge is 2.30. The largest absolute Gasteiger partial charge is 0.494 e. The number of thioether (sulfide) groups is 1. The van der Waals surface area contributed by atoms with Crippen LogP contribution in [0.1, 0.15) is 25.8 Å². The van der Waals surface area contributed by atoms with Crippen LogP contribution in [0.2, 0.25) is 0 Å². The van der Waals surface area contributed by atoms with Crippen molar-refractivity contribution >= 4 is 40.1 Å². The molecule has 0 aliphatic carbocycles. The molecule has 0 radical (unpaired) electrons. The summed E-state index contributed by atoms with van der Waals surface area (Å²) in [5, 5.41) is 13.5. The molecule has 1 heterocycles. The summed E-state index contributed by atoms with van der Waals surface area (Å²) in [7, 11) is 0. The average Bonchev–Trinajstić information content (AvgIpc) is 2.74. The van der Waals surface area contributed by atoms with Crippen LogP contribution < -0.4 is 15.4 Å². The Bertz CT molecular complexity index is 927. The number of rotatable bonds is 6. The molecule has 0 aromatic heterocycles. The number of hydrogen-bond donors (Lipinski definition) is 2. The lowest BCUT2D eigenvalue weighted by Crippen LogP contribution is -2.41. The molecule has 8 heteroatoms. The molecule has 1 atom stereocenters. The summed E-state index contributed by atoms with van der Waals surface area (Å²) in [5.74, 6) is 0.213. The number of carbonyl (C=O) groups is 2. The van der Waals surface area contributed by atoms with Gasteiger partial charge in [0.05, 0.1) is 12.3 Å². The number of carbonyl (C=O) groups excluding carboxylic acids is 2. The minimum absolute atomic E-state index is 0.0773. The van der Waals surface area contributed by atoms with Crippen molar-refractivity contribution in [3.05, 3.63) is 60.2 Å². The number of nitrogens with zero attached hydrogens (tertiary/aromatic N) is 2. The maximum absolute atomic E-state index is 12.6. The molecular weight excluding hydrogens is 388 g/mol. The van der Waals surface area contributed by atoms with Gasteiger partial charge >= 0.3 is 0 Å². The molecule has 150 valence electrons. The number of anilines is 1. The third-order valence-corrected chi connectivity index (χ3v) is 5.15. The molecule has 1 aliphatic heterocycles. The molecule has 2 aromatic carbocycles. The Balaban J connectivity index is 1.65. The van der Waals surface area contributed by atoms with E-state index in [1.54, 1.807) is 24.3 Å².